The quantitative estimate of drug-likeness (QED) is 0.714. The average molecular weight is 430 g/mol. The van der Waals surface area contributed by atoms with E-state index in [1.54, 1.807) is 24.3 Å². The fourth-order valence-electron chi connectivity index (χ4n) is 3.65. The Morgan fingerprint density at radius 1 is 1.00 bits per heavy atom. The minimum atomic E-state index is -3.65. The van der Waals surface area contributed by atoms with Crippen LogP contribution in [-0.4, -0.2) is 43.7 Å². The first-order valence-electron chi connectivity index (χ1n) is 9.94. The van der Waals surface area contributed by atoms with Crippen LogP contribution in [0.3, 0.4) is 0 Å². The van der Waals surface area contributed by atoms with E-state index in [1.807, 2.05) is 39.0 Å². The van der Waals surface area contributed by atoms with Crippen molar-refractivity contribution in [3.8, 4) is 0 Å². The normalized spacial score (nSPS) is 17.0. The van der Waals surface area contributed by atoms with Crippen LogP contribution in [0.15, 0.2) is 47.4 Å². The maximum absolute atomic E-state index is 13.0. The van der Waals surface area contributed by atoms with Gasteiger partial charge in [0.05, 0.1) is 4.90 Å². The van der Waals surface area contributed by atoms with Crippen molar-refractivity contribution in [1.29, 1.82) is 0 Å². The second kappa shape index (κ2) is 8.97. The Morgan fingerprint density at radius 2 is 1.63 bits per heavy atom. The summed E-state index contributed by atoms with van der Waals surface area (Å²) in [7, 11) is -3.65. The van der Waals surface area contributed by atoms with Gasteiger partial charge in [0.25, 0.3) is 0 Å². The Balaban J connectivity index is 1.63. The zero-order chi connectivity index (χ0) is 21.9. The van der Waals surface area contributed by atoms with E-state index in [-0.39, 0.29) is 17.5 Å². The lowest BCUT2D eigenvalue weighted by atomic mass is 10.1. The summed E-state index contributed by atoms with van der Waals surface area (Å²) >= 11 is 0. The van der Waals surface area contributed by atoms with Gasteiger partial charge in [-0.2, -0.15) is 4.31 Å². The van der Waals surface area contributed by atoms with Gasteiger partial charge in [-0.05, 0) is 56.9 Å². The molecule has 0 spiro atoms. The van der Waals surface area contributed by atoms with E-state index >= 15 is 0 Å². The van der Waals surface area contributed by atoms with Crippen molar-refractivity contribution < 1.29 is 18.0 Å². The topological polar surface area (TPSA) is 95.6 Å². The monoisotopic (exact) mass is 429 g/mol. The predicted octanol–water partition coefficient (Wildman–Crippen LogP) is 2.52. The lowest BCUT2D eigenvalue weighted by Gasteiger charge is -2.24. The molecule has 0 bridgehead atoms. The fraction of sp³-hybridized carbons (Fsp3) is 0.364. The smallest absolute Gasteiger partial charge is 0.313 e. The van der Waals surface area contributed by atoms with Crippen LogP contribution in [0.2, 0.25) is 0 Å². The zero-order valence-electron chi connectivity index (χ0n) is 17.4. The van der Waals surface area contributed by atoms with Crippen LogP contribution in [0, 0.1) is 20.8 Å². The molecule has 3 rings (SSSR count). The number of sulfonamides is 1. The van der Waals surface area contributed by atoms with Gasteiger partial charge in [-0.1, -0.05) is 35.9 Å². The average Bonchev–Trinajstić information content (AvgIpc) is 3.19. The van der Waals surface area contributed by atoms with E-state index in [1.165, 1.54) is 4.31 Å². The molecule has 0 unspecified atom stereocenters. The minimum absolute atomic E-state index is 0.0874. The molecule has 2 amide bonds. The van der Waals surface area contributed by atoms with Gasteiger partial charge in [-0.3, -0.25) is 9.59 Å². The third kappa shape index (κ3) is 4.71. The van der Waals surface area contributed by atoms with Crippen molar-refractivity contribution in [2.75, 3.05) is 18.4 Å². The van der Waals surface area contributed by atoms with Crippen molar-refractivity contribution in [3.05, 3.63) is 59.2 Å². The maximum atomic E-state index is 13.0. The molecule has 1 saturated heterocycles. The van der Waals surface area contributed by atoms with Crippen LogP contribution in [0.1, 0.15) is 29.5 Å². The first kappa shape index (κ1) is 22.0. The van der Waals surface area contributed by atoms with Gasteiger partial charge < -0.3 is 10.6 Å². The highest BCUT2D eigenvalue weighted by Gasteiger charge is 2.35. The Morgan fingerprint density at radius 3 is 2.27 bits per heavy atom. The van der Waals surface area contributed by atoms with E-state index in [0.717, 1.165) is 16.7 Å². The molecule has 7 nitrogen and oxygen atoms in total. The summed E-state index contributed by atoms with van der Waals surface area (Å²) < 4.78 is 27.4. The molecule has 8 heteroatoms. The van der Waals surface area contributed by atoms with Gasteiger partial charge in [0, 0.05) is 24.8 Å². The number of nitrogens with one attached hydrogen (secondary N) is 2. The second-order valence-corrected chi connectivity index (χ2v) is 9.55. The fourth-order valence-corrected chi connectivity index (χ4v) is 5.34. The molecule has 0 aliphatic carbocycles. The molecule has 2 aromatic rings. The molecule has 1 aliphatic rings. The molecule has 2 N–H and O–H groups in total. The van der Waals surface area contributed by atoms with Crippen LogP contribution >= 0.6 is 0 Å². The summed E-state index contributed by atoms with van der Waals surface area (Å²) in [5, 5.41) is 5.23. The summed E-state index contributed by atoms with van der Waals surface area (Å²) in [4.78, 5) is 24.8. The summed E-state index contributed by atoms with van der Waals surface area (Å²) in [6.07, 6.45) is 1.34. The van der Waals surface area contributed by atoms with Crippen molar-refractivity contribution in [2.45, 2.75) is 44.6 Å². The summed E-state index contributed by atoms with van der Waals surface area (Å²) in [6.45, 7) is 6.09. The Hall–Kier alpha value is -2.71. The first-order valence-corrected chi connectivity index (χ1v) is 11.4. The number of hydrogen-bond donors (Lipinski definition) is 2. The molecule has 0 radical (unpaired) electrons. The van der Waals surface area contributed by atoms with Gasteiger partial charge in [-0.15, -0.1) is 0 Å². The molecule has 2 aromatic carbocycles. The molecule has 160 valence electrons. The Labute approximate surface area is 177 Å². The van der Waals surface area contributed by atoms with Gasteiger partial charge in [-0.25, -0.2) is 8.42 Å². The molecular weight excluding hydrogens is 402 g/mol. The molecule has 1 aliphatic heterocycles. The third-order valence-electron chi connectivity index (χ3n) is 5.37. The Kier molecular flexibility index (Phi) is 6.58. The number of amides is 2. The SMILES string of the molecule is Cc1ccc(S(=O)(=O)N2CCC[C@H]2CNC(=O)C(=O)Nc2c(C)cccc2C)cc1. The molecule has 1 atom stereocenters. The van der Waals surface area contributed by atoms with Gasteiger partial charge in [0.15, 0.2) is 0 Å². The van der Waals surface area contributed by atoms with Crippen LogP contribution < -0.4 is 10.6 Å². The van der Waals surface area contributed by atoms with Gasteiger partial charge in [0.1, 0.15) is 0 Å². The standard InChI is InChI=1S/C22H27N3O4S/c1-15-9-11-19(12-10-15)30(28,29)25-13-5-8-18(25)14-23-21(26)22(27)24-20-16(2)6-4-7-17(20)3/h4,6-7,9-12,18H,5,8,13-14H2,1-3H3,(H,23,26)(H,24,27)/t18-/m0/s1. The lowest BCUT2D eigenvalue weighted by Crippen LogP contribution is -2.45. The number of carbonyl (C=O) groups excluding carboxylic acids is 2. The number of rotatable bonds is 5. The second-order valence-electron chi connectivity index (χ2n) is 7.66. The van der Waals surface area contributed by atoms with Gasteiger partial charge >= 0.3 is 11.8 Å². The van der Waals surface area contributed by atoms with Crippen molar-refractivity contribution >= 4 is 27.5 Å². The van der Waals surface area contributed by atoms with Crippen LogP contribution in [0.25, 0.3) is 0 Å². The lowest BCUT2D eigenvalue weighted by molar-refractivity contribution is -0.136. The highest BCUT2D eigenvalue weighted by molar-refractivity contribution is 7.89. The molecular formula is C22H27N3O4S. The van der Waals surface area contributed by atoms with Gasteiger partial charge in [0.2, 0.25) is 10.0 Å². The van der Waals surface area contributed by atoms with E-state index in [9.17, 15) is 18.0 Å². The summed E-state index contributed by atoms with van der Waals surface area (Å²) in [5.74, 6) is -1.55. The van der Waals surface area contributed by atoms with E-state index < -0.39 is 21.8 Å². The number of anilines is 1. The zero-order valence-corrected chi connectivity index (χ0v) is 18.3. The minimum Gasteiger partial charge on any atom is -0.346 e. The third-order valence-corrected chi connectivity index (χ3v) is 7.34. The number of para-hydroxylation sites is 1. The first-order chi connectivity index (χ1) is 14.2. The number of aryl methyl sites for hydroxylation is 3. The van der Waals surface area contributed by atoms with Crippen molar-refractivity contribution in [1.82, 2.24) is 9.62 Å². The van der Waals surface area contributed by atoms with Crippen molar-refractivity contribution in [3.63, 3.8) is 0 Å². The number of benzene rings is 2. The summed E-state index contributed by atoms with van der Waals surface area (Å²) in [6, 6.07) is 11.9. The molecule has 0 saturated carbocycles. The number of nitrogens with zero attached hydrogens (tertiary/aromatic N) is 1. The largest absolute Gasteiger partial charge is 0.346 e. The predicted molar refractivity (Wildman–Crippen MR) is 116 cm³/mol. The Bertz CT molecular complexity index is 1030. The summed E-state index contributed by atoms with van der Waals surface area (Å²) in [5.41, 5.74) is 3.32. The van der Waals surface area contributed by atoms with E-state index in [4.69, 9.17) is 0 Å². The molecule has 0 aromatic heterocycles. The van der Waals surface area contributed by atoms with Crippen LogP contribution in [-0.2, 0) is 19.6 Å². The van der Waals surface area contributed by atoms with Crippen LogP contribution in [0.4, 0.5) is 5.69 Å². The van der Waals surface area contributed by atoms with E-state index in [0.29, 0.717) is 25.1 Å². The highest BCUT2D eigenvalue weighted by atomic mass is 32.2. The number of hydrogen-bond acceptors (Lipinski definition) is 4. The van der Waals surface area contributed by atoms with E-state index in [2.05, 4.69) is 10.6 Å². The maximum Gasteiger partial charge on any atom is 0.313 e. The molecule has 1 fully saturated rings. The van der Waals surface area contributed by atoms with Crippen molar-refractivity contribution in [2.24, 2.45) is 0 Å². The highest BCUT2D eigenvalue weighted by Crippen LogP contribution is 2.26. The molecule has 30 heavy (non-hydrogen) atoms. The van der Waals surface area contributed by atoms with Crippen LogP contribution in [0.5, 0.6) is 0 Å². The molecule has 1 heterocycles. The number of carbonyl (C=O) groups is 2.